The normalized spacial score (nSPS) is 36.7. The predicted molar refractivity (Wildman–Crippen MR) is 104 cm³/mol. The quantitative estimate of drug-likeness (QED) is 0.673. The van der Waals surface area contributed by atoms with E-state index in [0.29, 0.717) is 17.1 Å². The maximum Gasteiger partial charge on any atom is 0.119 e. The second kappa shape index (κ2) is 6.39. The number of rotatable bonds is 2. The first kappa shape index (κ1) is 17.0. The Morgan fingerprint density at radius 3 is 2.84 bits per heavy atom. The molecule has 4 rings (SSSR count). The summed E-state index contributed by atoms with van der Waals surface area (Å²) in [6, 6.07) is 4.41. The minimum atomic E-state index is 0.453. The van der Waals surface area contributed by atoms with E-state index < -0.39 is 0 Å². The Labute approximate surface area is 153 Å². The highest BCUT2D eigenvalue weighted by Gasteiger charge is 2.49. The van der Waals surface area contributed by atoms with Gasteiger partial charge in [0.1, 0.15) is 5.75 Å². The van der Waals surface area contributed by atoms with E-state index in [0.717, 1.165) is 42.6 Å². The molecule has 0 spiro atoms. The SMILES string of the molecule is C#CCC1CCC2CC3CCc4cc(O)c(CC)cc4C3CCC12C. The first-order chi connectivity index (χ1) is 12.1. The highest BCUT2D eigenvalue weighted by Crippen LogP contribution is 2.60. The summed E-state index contributed by atoms with van der Waals surface area (Å²) in [6.45, 7) is 4.68. The number of phenolic OH excluding ortho intramolecular Hbond substituents is 1. The lowest BCUT2D eigenvalue weighted by Crippen LogP contribution is -2.28. The molecular weight excluding hydrogens is 304 g/mol. The molecule has 3 aliphatic carbocycles. The fraction of sp³-hybridized carbons (Fsp3) is 0.667. The smallest absolute Gasteiger partial charge is 0.119 e. The molecule has 134 valence electrons. The molecule has 0 bridgehead atoms. The molecule has 3 aliphatic rings. The molecule has 1 aromatic rings. The van der Waals surface area contributed by atoms with Crippen LogP contribution in [-0.4, -0.2) is 5.11 Å². The summed E-state index contributed by atoms with van der Waals surface area (Å²) in [6.07, 6.45) is 16.8. The van der Waals surface area contributed by atoms with Crippen molar-refractivity contribution < 1.29 is 5.11 Å². The zero-order valence-electron chi connectivity index (χ0n) is 15.9. The summed E-state index contributed by atoms with van der Waals surface area (Å²) in [4.78, 5) is 0. The molecule has 2 fully saturated rings. The second-order valence-electron chi connectivity index (χ2n) is 9.10. The molecule has 1 nitrogen and oxygen atoms in total. The van der Waals surface area contributed by atoms with Gasteiger partial charge in [-0.25, -0.2) is 0 Å². The van der Waals surface area contributed by atoms with Gasteiger partial charge < -0.3 is 5.11 Å². The Bertz CT molecular complexity index is 697. The average Bonchev–Trinajstić information content (AvgIpc) is 2.81. The Morgan fingerprint density at radius 2 is 2.08 bits per heavy atom. The van der Waals surface area contributed by atoms with Crippen LogP contribution in [0, 0.1) is 35.5 Å². The number of benzene rings is 1. The third-order valence-corrected chi connectivity index (χ3v) is 8.15. The first-order valence-corrected chi connectivity index (χ1v) is 10.3. The van der Waals surface area contributed by atoms with Gasteiger partial charge in [-0.15, -0.1) is 12.3 Å². The molecule has 5 unspecified atom stereocenters. The molecule has 0 aliphatic heterocycles. The minimum Gasteiger partial charge on any atom is -0.508 e. The van der Waals surface area contributed by atoms with E-state index in [9.17, 15) is 5.11 Å². The monoisotopic (exact) mass is 336 g/mol. The Kier molecular flexibility index (Phi) is 4.35. The highest BCUT2D eigenvalue weighted by atomic mass is 16.3. The maximum atomic E-state index is 10.3. The number of fused-ring (bicyclic) bond motifs is 4. The lowest BCUT2D eigenvalue weighted by atomic mass is 9.69. The van der Waals surface area contributed by atoms with Crippen LogP contribution >= 0.6 is 0 Å². The van der Waals surface area contributed by atoms with Crippen molar-refractivity contribution in [2.75, 3.05) is 0 Å². The van der Waals surface area contributed by atoms with Crippen molar-refractivity contribution in [1.82, 2.24) is 0 Å². The van der Waals surface area contributed by atoms with E-state index in [1.54, 1.807) is 5.56 Å². The van der Waals surface area contributed by atoms with Gasteiger partial charge in [0, 0.05) is 6.42 Å². The third kappa shape index (κ3) is 2.69. The van der Waals surface area contributed by atoms with Crippen LogP contribution in [0.25, 0.3) is 0 Å². The highest BCUT2D eigenvalue weighted by molar-refractivity contribution is 5.45. The van der Waals surface area contributed by atoms with Gasteiger partial charge in [-0.1, -0.05) is 19.9 Å². The molecule has 25 heavy (non-hydrogen) atoms. The minimum absolute atomic E-state index is 0.453. The average molecular weight is 337 g/mol. The summed E-state index contributed by atoms with van der Waals surface area (Å²) >= 11 is 0. The van der Waals surface area contributed by atoms with Crippen LogP contribution in [0.5, 0.6) is 5.75 Å². The second-order valence-corrected chi connectivity index (χ2v) is 9.10. The van der Waals surface area contributed by atoms with Gasteiger partial charge in [-0.3, -0.25) is 0 Å². The van der Waals surface area contributed by atoms with Crippen molar-refractivity contribution in [3.8, 4) is 18.1 Å². The zero-order valence-corrected chi connectivity index (χ0v) is 15.9. The van der Waals surface area contributed by atoms with Crippen LogP contribution in [0.4, 0.5) is 0 Å². The Hall–Kier alpha value is -1.42. The van der Waals surface area contributed by atoms with Crippen LogP contribution in [-0.2, 0) is 12.8 Å². The molecule has 5 atom stereocenters. The van der Waals surface area contributed by atoms with E-state index in [2.05, 4.69) is 31.9 Å². The largest absolute Gasteiger partial charge is 0.508 e. The number of aryl methyl sites for hydroxylation is 2. The topological polar surface area (TPSA) is 20.2 Å². The molecule has 1 heteroatoms. The summed E-state index contributed by atoms with van der Waals surface area (Å²) in [5.41, 5.74) is 4.55. The van der Waals surface area contributed by atoms with Crippen LogP contribution in [0.1, 0.15) is 81.4 Å². The molecule has 0 radical (unpaired) electrons. The van der Waals surface area contributed by atoms with Crippen LogP contribution < -0.4 is 0 Å². The summed E-state index contributed by atoms with van der Waals surface area (Å²) in [5.74, 6) is 6.59. The van der Waals surface area contributed by atoms with E-state index in [1.807, 2.05) is 0 Å². The standard InChI is InChI=1S/C24H32O/c1-4-6-19-9-10-20-13-17-7-8-18-15-23(25)16(5-2)14-22(18)21(17)11-12-24(19,20)3/h1,14-15,17,19-21,25H,5-13H2,2-3H3. The number of phenols is 1. The molecular formula is C24H32O. The van der Waals surface area contributed by atoms with Gasteiger partial charge in [-0.05, 0) is 103 Å². The molecule has 0 amide bonds. The zero-order chi connectivity index (χ0) is 17.6. The van der Waals surface area contributed by atoms with Crippen molar-refractivity contribution in [2.45, 2.75) is 77.6 Å². The van der Waals surface area contributed by atoms with E-state index >= 15 is 0 Å². The van der Waals surface area contributed by atoms with E-state index in [4.69, 9.17) is 6.42 Å². The lowest BCUT2D eigenvalue weighted by molar-refractivity contribution is 0.141. The van der Waals surface area contributed by atoms with Gasteiger partial charge >= 0.3 is 0 Å². The van der Waals surface area contributed by atoms with Gasteiger partial charge in [0.05, 0.1) is 0 Å². The Balaban J connectivity index is 1.66. The van der Waals surface area contributed by atoms with Crippen LogP contribution in [0.3, 0.4) is 0 Å². The molecule has 0 aromatic heterocycles. The summed E-state index contributed by atoms with van der Waals surface area (Å²) < 4.78 is 0. The number of terminal acetylenes is 1. The van der Waals surface area contributed by atoms with Gasteiger partial charge in [0.15, 0.2) is 0 Å². The Morgan fingerprint density at radius 1 is 1.24 bits per heavy atom. The third-order valence-electron chi connectivity index (χ3n) is 8.15. The number of hydrogen-bond acceptors (Lipinski definition) is 1. The van der Waals surface area contributed by atoms with Crippen molar-refractivity contribution in [1.29, 1.82) is 0 Å². The van der Waals surface area contributed by atoms with Crippen molar-refractivity contribution in [2.24, 2.45) is 23.2 Å². The van der Waals surface area contributed by atoms with Crippen LogP contribution in [0.15, 0.2) is 12.1 Å². The van der Waals surface area contributed by atoms with Crippen molar-refractivity contribution in [3.63, 3.8) is 0 Å². The van der Waals surface area contributed by atoms with Gasteiger partial charge in [-0.2, -0.15) is 0 Å². The van der Waals surface area contributed by atoms with Gasteiger partial charge in [0.25, 0.3) is 0 Å². The lowest BCUT2D eigenvalue weighted by Gasteiger charge is -2.36. The summed E-state index contributed by atoms with van der Waals surface area (Å²) in [7, 11) is 0. The molecule has 2 saturated carbocycles. The fourth-order valence-electron chi connectivity index (χ4n) is 6.51. The summed E-state index contributed by atoms with van der Waals surface area (Å²) in [5, 5.41) is 10.3. The van der Waals surface area contributed by atoms with Crippen LogP contribution in [0.2, 0.25) is 0 Å². The molecule has 1 aromatic carbocycles. The van der Waals surface area contributed by atoms with Crippen molar-refractivity contribution >= 4 is 0 Å². The molecule has 0 saturated heterocycles. The number of aromatic hydroxyl groups is 1. The predicted octanol–water partition coefficient (Wildman–Crippen LogP) is 5.84. The maximum absolute atomic E-state index is 10.3. The first-order valence-electron chi connectivity index (χ1n) is 10.3. The van der Waals surface area contributed by atoms with Gasteiger partial charge in [0.2, 0.25) is 0 Å². The fourth-order valence-corrected chi connectivity index (χ4v) is 6.51. The van der Waals surface area contributed by atoms with E-state index in [-0.39, 0.29) is 0 Å². The number of hydrogen-bond donors (Lipinski definition) is 1. The molecule has 1 N–H and O–H groups in total. The van der Waals surface area contributed by atoms with E-state index in [1.165, 1.54) is 44.1 Å². The van der Waals surface area contributed by atoms with Crippen molar-refractivity contribution in [3.05, 3.63) is 28.8 Å². The molecule has 0 heterocycles.